The summed E-state index contributed by atoms with van der Waals surface area (Å²) in [6, 6.07) is 2.76. The zero-order valence-corrected chi connectivity index (χ0v) is 9.57. The molecule has 0 saturated heterocycles. The fourth-order valence-electron chi connectivity index (χ4n) is 1.18. The third-order valence-electron chi connectivity index (χ3n) is 2.66. The van der Waals surface area contributed by atoms with Crippen LogP contribution >= 0.6 is 0 Å². The van der Waals surface area contributed by atoms with Crippen LogP contribution in [-0.2, 0) is 0 Å². The molecule has 0 aromatic heterocycles. The van der Waals surface area contributed by atoms with Crippen LogP contribution in [0, 0.1) is 24.5 Å². The Hall–Kier alpha value is -1.12. The van der Waals surface area contributed by atoms with Gasteiger partial charge in [0.15, 0.2) is 5.82 Å². The van der Waals surface area contributed by atoms with E-state index in [4.69, 9.17) is 0 Å². The lowest BCUT2D eigenvalue weighted by molar-refractivity contribution is 0.536. The van der Waals surface area contributed by atoms with E-state index >= 15 is 0 Å². The molecule has 1 rings (SSSR count). The summed E-state index contributed by atoms with van der Waals surface area (Å²) in [7, 11) is 0. The quantitative estimate of drug-likeness (QED) is 0.806. The van der Waals surface area contributed by atoms with Gasteiger partial charge in [-0.05, 0) is 31.4 Å². The van der Waals surface area contributed by atoms with Crippen LogP contribution in [-0.4, -0.2) is 6.04 Å². The van der Waals surface area contributed by atoms with E-state index in [0.717, 1.165) is 0 Å². The number of anilines is 1. The normalized spacial score (nSPS) is 13.0. The van der Waals surface area contributed by atoms with Crippen molar-refractivity contribution in [2.75, 3.05) is 5.32 Å². The van der Waals surface area contributed by atoms with Gasteiger partial charge in [0.2, 0.25) is 0 Å². The molecule has 0 radical (unpaired) electrons. The van der Waals surface area contributed by atoms with Gasteiger partial charge in [0.1, 0.15) is 11.5 Å². The van der Waals surface area contributed by atoms with E-state index in [0.29, 0.717) is 11.5 Å². The minimum absolute atomic E-state index is 0.0174. The predicted octanol–water partition coefficient (Wildman–Crippen LogP) is 3.73. The minimum atomic E-state index is -0.536. The summed E-state index contributed by atoms with van der Waals surface area (Å²) in [5.74, 6) is -0.711. The van der Waals surface area contributed by atoms with Gasteiger partial charge in [-0.15, -0.1) is 0 Å². The second kappa shape index (κ2) is 4.60. The maximum absolute atomic E-state index is 13.6. The van der Waals surface area contributed by atoms with Gasteiger partial charge in [0, 0.05) is 6.04 Å². The molecule has 0 amide bonds. The van der Waals surface area contributed by atoms with Crippen LogP contribution < -0.4 is 5.32 Å². The molecule has 1 unspecified atom stereocenters. The van der Waals surface area contributed by atoms with Crippen LogP contribution in [0.5, 0.6) is 0 Å². The van der Waals surface area contributed by atoms with Crippen molar-refractivity contribution < 1.29 is 8.78 Å². The Kier molecular flexibility index (Phi) is 3.66. The van der Waals surface area contributed by atoms with E-state index in [1.54, 1.807) is 6.92 Å². The van der Waals surface area contributed by atoms with Gasteiger partial charge in [0.05, 0.1) is 0 Å². The summed E-state index contributed by atoms with van der Waals surface area (Å²) < 4.78 is 26.9. The Morgan fingerprint density at radius 1 is 1.13 bits per heavy atom. The van der Waals surface area contributed by atoms with E-state index in [1.807, 2.05) is 20.8 Å². The number of hydrogen-bond acceptors (Lipinski definition) is 1. The van der Waals surface area contributed by atoms with Gasteiger partial charge < -0.3 is 5.32 Å². The maximum atomic E-state index is 13.6. The molecule has 84 valence electrons. The molecule has 0 fully saturated rings. The zero-order chi connectivity index (χ0) is 11.6. The number of benzene rings is 1. The van der Waals surface area contributed by atoms with Crippen molar-refractivity contribution in [1.82, 2.24) is 0 Å². The highest BCUT2D eigenvalue weighted by Gasteiger charge is 2.15. The van der Waals surface area contributed by atoms with Crippen molar-refractivity contribution in [2.24, 2.45) is 5.92 Å². The number of hydrogen-bond donors (Lipinski definition) is 1. The van der Waals surface area contributed by atoms with Gasteiger partial charge in [-0.2, -0.15) is 0 Å². The Bertz CT molecular complexity index is 348. The number of halogens is 2. The number of rotatable bonds is 3. The first-order valence-electron chi connectivity index (χ1n) is 5.14. The molecule has 3 heteroatoms. The second-order valence-corrected chi connectivity index (χ2v) is 4.23. The Morgan fingerprint density at radius 2 is 1.73 bits per heavy atom. The van der Waals surface area contributed by atoms with Crippen molar-refractivity contribution in [3.8, 4) is 0 Å². The average Bonchev–Trinajstić information content (AvgIpc) is 2.18. The first-order valence-corrected chi connectivity index (χ1v) is 5.14. The van der Waals surface area contributed by atoms with Gasteiger partial charge in [-0.1, -0.05) is 19.9 Å². The van der Waals surface area contributed by atoms with Gasteiger partial charge >= 0.3 is 0 Å². The highest BCUT2D eigenvalue weighted by Crippen LogP contribution is 2.23. The molecule has 0 spiro atoms. The van der Waals surface area contributed by atoms with E-state index in [1.165, 1.54) is 12.1 Å². The van der Waals surface area contributed by atoms with Crippen LogP contribution in [0.15, 0.2) is 12.1 Å². The first kappa shape index (κ1) is 12.0. The van der Waals surface area contributed by atoms with E-state index in [-0.39, 0.29) is 11.7 Å². The highest BCUT2D eigenvalue weighted by atomic mass is 19.1. The standard InChI is InChI=1S/C12H17F2N/c1-7(2)9(4)15-12-10(13)6-5-8(3)11(12)14/h5-7,9,15H,1-4H3. The number of aryl methyl sites for hydroxylation is 1. The fraction of sp³-hybridized carbons (Fsp3) is 0.500. The largest absolute Gasteiger partial charge is 0.378 e. The summed E-state index contributed by atoms with van der Waals surface area (Å²) in [6.07, 6.45) is 0. The van der Waals surface area contributed by atoms with E-state index < -0.39 is 11.6 Å². The second-order valence-electron chi connectivity index (χ2n) is 4.23. The summed E-state index contributed by atoms with van der Waals surface area (Å²) in [5, 5.41) is 2.87. The van der Waals surface area contributed by atoms with Crippen molar-refractivity contribution in [3.63, 3.8) is 0 Å². The lowest BCUT2D eigenvalue weighted by atomic mass is 10.1. The molecule has 0 heterocycles. The Labute approximate surface area is 89.5 Å². The van der Waals surface area contributed by atoms with Crippen molar-refractivity contribution in [3.05, 3.63) is 29.3 Å². The molecule has 1 nitrogen and oxygen atoms in total. The topological polar surface area (TPSA) is 12.0 Å². The van der Waals surface area contributed by atoms with Crippen LogP contribution in [0.1, 0.15) is 26.3 Å². The van der Waals surface area contributed by atoms with Crippen molar-refractivity contribution >= 4 is 5.69 Å². The third kappa shape index (κ3) is 2.67. The molecular formula is C12H17F2N. The summed E-state index contributed by atoms with van der Waals surface area (Å²) in [4.78, 5) is 0. The van der Waals surface area contributed by atoms with Gasteiger partial charge in [0.25, 0.3) is 0 Å². The number of nitrogens with one attached hydrogen (secondary N) is 1. The lowest BCUT2D eigenvalue weighted by Crippen LogP contribution is -2.23. The molecule has 1 aromatic carbocycles. The van der Waals surface area contributed by atoms with Gasteiger partial charge in [-0.25, -0.2) is 8.78 Å². The highest BCUT2D eigenvalue weighted by molar-refractivity contribution is 5.49. The molecular weight excluding hydrogens is 196 g/mol. The van der Waals surface area contributed by atoms with E-state index in [2.05, 4.69) is 5.32 Å². The smallest absolute Gasteiger partial charge is 0.152 e. The average molecular weight is 213 g/mol. The molecule has 0 saturated carbocycles. The molecule has 1 aromatic rings. The Balaban J connectivity index is 2.98. The molecule has 0 bridgehead atoms. The molecule has 15 heavy (non-hydrogen) atoms. The van der Waals surface area contributed by atoms with Crippen molar-refractivity contribution in [1.29, 1.82) is 0 Å². The monoisotopic (exact) mass is 213 g/mol. The van der Waals surface area contributed by atoms with Crippen LogP contribution in [0.4, 0.5) is 14.5 Å². The molecule has 0 aliphatic rings. The van der Waals surface area contributed by atoms with E-state index in [9.17, 15) is 8.78 Å². The van der Waals surface area contributed by atoms with Crippen molar-refractivity contribution in [2.45, 2.75) is 33.7 Å². The summed E-state index contributed by atoms with van der Waals surface area (Å²) in [6.45, 7) is 7.54. The lowest BCUT2D eigenvalue weighted by Gasteiger charge is -2.20. The maximum Gasteiger partial charge on any atom is 0.152 e. The van der Waals surface area contributed by atoms with Crippen LogP contribution in [0.3, 0.4) is 0 Å². The zero-order valence-electron chi connectivity index (χ0n) is 9.57. The first-order chi connectivity index (χ1) is 6.93. The summed E-state index contributed by atoms with van der Waals surface area (Å²) >= 11 is 0. The summed E-state index contributed by atoms with van der Waals surface area (Å²) in [5.41, 5.74) is 0.436. The minimum Gasteiger partial charge on any atom is -0.378 e. The third-order valence-corrected chi connectivity index (χ3v) is 2.66. The molecule has 1 atom stereocenters. The predicted molar refractivity (Wildman–Crippen MR) is 59.0 cm³/mol. The molecule has 1 N–H and O–H groups in total. The van der Waals surface area contributed by atoms with Gasteiger partial charge in [-0.3, -0.25) is 0 Å². The van der Waals surface area contributed by atoms with Crippen LogP contribution in [0.25, 0.3) is 0 Å². The SMILES string of the molecule is Cc1ccc(F)c(NC(C)C(C)C)c1F. The fourth-order valence-corrected chi connectivity index (χ4v) is 1.18. The molecule has 0 aliphatic carbocycles. The molecule has 0 aliphatic heterocycles. The van der Waals surface area contributed by atoms with Crippen LogP contribution in [0.2, 0.25) is 0 Å². The Morgan fingerprint density at radius 3 is 2.27 bits per heavy atom.